The number of hydrogen-bond acceptors (Lipinski definition) is 5. The largest absolute Gasteiger partial charge is 0.507 e. The second kappa shape index (κ2) is 9.87. The summed E-state index contributed by atoms with van der Waals surface area (Å²) in [5.41, 5.74) is 6.29. The van der Waals surface area contributed by atoms with Gasteiger partial charge in [-0.25, -0.2) is 13.8 Å². The van der Waals surface area contributed by atoms with Crippen molar-refractivity contribution in [1.29, 1.82) is 0 Å². The molecule has 0 spiro atoms. The number of carbonyl (C=O) groups is 1. The van der Waals surface area contributed by atoms with E-state index in [1.807, 2.05) is 26.8 Å². The van der Waals surface area contributed by atoms with Crippen molar-refractivity contribution in [3.05, 3.63) is 89.0 Å². The topological polar surface area (TPSA) is 99.1 Å². The maximum Gasteiger partial charge on any atom is 0.264 e. The quantitative estimate of drug-likeness (QED) is 0.406. The van der Waals surface area contributed by atoms with Crippen molar-refractivity contribution in [1.82, 2.24) is 5.43 Å². The highest BCUT2D eigenvalue weighted by Gasteiger charge is 2.28. The summed E-state index contributed by atoms with van der Waals surface area (Å²) in [5.74, 6) is -0.576. The first-order valence-electron chi connectivity index (χ1n) is 10.4. The van der Waals surface area contributed by atoms with Gasteiger partial charge in [-0.05, 0) is 69.2 Å². The van der Waals surface area contributed by atoms with Crippen LogP contribution in [0.4, 0.5) is 5.69 Å². The summed E-state index contributed by atoms with van der Waals surface area (Å²) in [6.45, 7) is 6.76. The SMILES string of the molecule is C/C(=N/NC(=O)CN(c1cccc(C)c1C)S(=O)(=O)c1ccc(C)cc1)c1ccccc1O. The van der Waals surface area contributed by atoms with E-state index < -0.39 is 22.5 Å². The fourth-order valence-electron chi connectivity index (χ4n) is 3.29. The van der Waals surface area contributed by atoms with Crippen LogP contribution >= 0.6 is 0 Å². The van der Waals surface area contributed by atoms with E-state index in [9.17, 15) is 18.3 Å². The molecular formula is C25H27N3O4S. The van der Waals surface area contributed by atoms with Crippen LogP contribution in [0, 0.1) is 20.8 Å². The predicted octanol–water partition coefficient (Wildman–Crippen LogP) is 4.05. The Kier molecular flexibility index (Phi) is 7.18. The van der Waals surface area contributed by atoms with Crippen LogP contribution in [0.2, 0.25) is 0 Å². The van der Waals surface area contributed by atoms with E-state index >= 15 is 0 Å². The zero-order chi connectivity index (χ0) is 24.2. The van der Waals surface area contributed by atoms with Gasteiger partial charge in [0.05, 0.1) is 16.3 Å². The van der Waals surface area contributed by atoms with E-state index in [4.69, 9.17) is 0 Å². The molecule has 0 aliphatic heterocycles. The Morgan fingerprint density at radius 1 is 0.970 bits per heavy atom. The van der Waals surface area contributed by atoms with E-state index in [-0.39, 0.29) is 10.6 Å². The highest BCUT2D eigenvalue weighted by atomic mass is 32.2. The van der Waals surface area contributed by atoms with Crippen LogP contribution in [-0.4, -0.2) is 31.7 Å². The van der Waals surface area contributed by atoms with E-state index in [2.05, 4.69) is 10.5 Å². The van der Waals surface area contributed by atoms with Gasteiger partial charge in [0.25, 0.3) is 15.9 Å². The molecule has 8 heteroatoms. The number of nitrogens with zero attached hydrogens (tertiary/aromatic N) is 2. The number of para-hydroxylation sites is 1. The first-order valence-corrected chi connectivity index (χ1v) is 11.8. The molecule has 7 nitrogen and oxygen atoms in total. The van der Waals surface area contributed by atoms with Crippen LogP contribution in [0.1, 0.15) is 29.2 Å². The number of hydrazone groups is 1. The summed E-state index contributed by atoms with van der Waals surface area (Å²) in [7, 11) is -4.02. The zero-order valence-corrected chi connectivity index (χ0v) is 19.8. The number of amides is 1. The van der Waals surface area contributed by atoms with Crippen LogP contribution < -0.4 is 9.73 Å². The maximum atomic E-state index is 13.5. The van der Waals surface area contributed by atoms with E-state index in [0.717, 1.165) is 21.0 Å². The molecule has 1 amide bonds. The Hall–Kier alpha value is -3.65. The molecule has 0 heterocycles. The number of phenols is 1. The fourth-order valence-corrected chi connectivity index (χ4v) is 4.77. The third kappa shape index (κ3) is 5.40. The van der Waals surface area contributed by atoms with Gasteiger partial charge in [0, 0.05) is 5.56 Å². The monoisotopic (exact) mass is 465 g/mol. The van der Waals surface area contributed by atoms with Crippen LogP contribution in [0.5, 0.6) is 5.75 Å². The molecule has 172 valence electrons. The lowest BCUT2D eigenvalue weighted by Crippen LogP contribution is -2.40. The first kappa shape index (κ1) is 24.0. The minimum atomic E-state index is -4.02. The molecule has 0 aliphatic carbocycles. The van der Waals surface area contributed by atoms with Gasteiger partial charge in [0.1, 0.15) is 12.3 Å². The number of nitrogens with one attached hydrogen (secondary N) is 1. The van der Waals surface area contributed by atoms with Crippen LogP contribution in [-0.2, 0) is 14.8 Å². The normalized spacial score (nSPS) is 11.8. The van der Waals surface area contributed by atoms with Gasteiger partial charge >= 0.3 is 0 Å². The molecule has 3 aromatic carbocycles. The second-order valence-corrected chi connectivity index (χ2v) is 9.66. The summed E-state index contributed by atoms with van der Waals surface area (Å²) in [5, 5.41) is 14.0. The van der Waals surface area contributed by atoms with E-state index in [1.54, 1.807) is 49.4 Å². The number of aromatic hydroxyl groups is 1. The molecule has 0 saturated carbocycles. The first-order chi connectivity index (χ1) is 15.6. The molecule has 0 saturated heterocycles. The summed E-state index contributed by atoms with van der Waals surface area (Å²) >= 11 is 0. The minimum absolute atomic E-state index is 0.0342. The second-order valence-electron chi connectivity index (χ2n) is 7.79. The van der Waals surface area contributed by atoms with Gasteiger partial charge in [-0.3, -0.25) is 9.10 Å². The van der Waals surface area contributed by atoms with Gasteiger partial charge in [0.2, 0.25) is 0 Å². The fraction of sp³-hybridized carbons (Fsp3) is 0.200. The molecule has 2 N–H and O–H groups in total. The lowest BCUT2D eigenvalue weighted by Gasteiger charge is -2.26. The Morgan fingerprint density at radius 3 is 2.30 bits per heavy atom. The Morgan fingerprint density at radius 2 is 1.64 bits per heavy atom. The molecule has 0 bridgehead atoms. The van der Waals surface area contributed by atoms with Crippen LogP contribution in [0.15, 0.2) is 76.7 Å². The van der Waals surface area contributed by atoms with Gasteiger partial charge in [-0.2, -0.15) is 5.10 Å². The molecule has 0 unspecified atom stereocenters. The van der Waals surface area contributed by atoms with Crippen molar-refractivity contribution < 1.29 is 18.3 Å². The molecule has 0 aliphatic rings. The van der Waals surface area contributed by atoms with Crippen molar-refractivity contribution in [3.8, 4) is 5.75 Å². The Labute approximate surface area is 194 Å². The molecular weight excluding hydrogens is 438 g/mol. The summed E-state index contributed by atoms with van der Waals surface area (Å²) in [4.78, 5) is 12.9. The lowest BCUT2D eigenvalue weighted by atomic mass is 10.1. The summed E-state index contributed by atoms with van der Waals surface area (Å²) < 4.78 is 28.1. The van der Waals surface area contributed by atoms with Gasteiger partial charge in [0.15, 0.2) is 0 Å². The number of benzene rings is 3. The average Bonchev–Trinajstić information content (AvgIpc) is 2.78. The molecule has 33 heavy (non-hydrogen) atoms. The van der Waals surface area contributed by atoms with E-state index in [1.165, 1.54) is 18.2 Å². The zero-order valence-electron chi connectivity index (χ0n) is 19.0. The number of rotatable bonds is 7. The molecule has 3 aromatic rings. The number of phenolic OH excluding ortho intramolecular Hbond substituents is 1. The molecule has 3 rings (SSSR count). The minimum Gasteiger partial charge on any atom is -0.507 e. The third-order valence-electron chi connectivity index (χ3n) is 5.38. The summed E-state index contributed by atoms with van der Waals surface area (Å²) in [6.07, 6.45) is 0. The molecule has 0 radical (unpaired) electrons. The van der Waals surface area contributed by atoms with Gasteiger partial charge < -0.3 is 5.11 Å². The highest BCUT2D eigenvalue weighted by molar-refractivity contribution is 7.92. The smallest absolute Gasteiger partial charge is 0.264 e. The molecule has 0 atom stereocenters. The molecule has 0 aromatic heterocycles. The number of carbonyl (C=O) groups excluding carboxylic acids is 1. The van der Waals surface area contributed by atoms with Crippen LogP contribution in [0.3, 0.4) is 0 Å². The number of anilines is 1. The third-order valence-corrected chi connectivity index (χ3v) is 7.16. The van der Waals surface area contributed by atoms with Crippen LogP contribution in [0.25, 0.3) is 0 Å². The van der Waals surface area contributed by atoms with Crippen molar-refractivity contribution in [2.45, 2.75) is 32.6 Å². The van der Waals surface area contributed by atoms with Crippen molar-refractivity contribution in [3.63, 3.8) is 0 Å². The van der Waals surface area contributed by atoms with Gasteiger partial charge in [-0.15, -0.1) is 0 Å². The lowest BCUT2D eigenvalue weighted by molar-refractivity contribution is -0.119. The predicted molar refractivity (Wildman–Crippen MR) is 130 cm³/mol. The standard InChI is InChI=1S/C25H27N3O4S/c1-17-12-14-21(15-13-17)33(31,32)28(23-10-7-8-18(2)19(23)3)16-25(30)27-26-20(4)22-9-5-6-11-24(22)29/h5-15,29H,16H2,1-4H3,(H,27,30)/b26-20-. The van der Waals surface area contributed by atoms with Crippen molar-refractivity contribution >= 4 is 27.3 Å². The Balaban J connectivity index is 1.94. The average molecular weight is 466 g/mol. The van der Waals surface area contributed by atoms with Crippen molar-refractivity contribution in [2.75, 3.05) is 10.8 Å². The number of hydrogen-bond donors (Lipinski definition) is 2. The Bertz CT molecular complexity index is 1300. The van der Waals surface area contributed by atoms with E-state index in [0.29, 0.717) is 17.0 Å². The summed E-state index contributed by atoms with van der Waals surface area (Å²) in [6, 6.07) is 18.4. The maximum absolute atomic E-state index is 13.5. The molecule has 0 fully saturated rings. The highest BCUT2D eigenvalue weighted by Crippen LogP contribution is 2.28. The number of sulfonamides is 1. The number of aryl methyl sites for hydroxylation is 2. The van der Waals surface area contributed by atoms with Crippen molar-refractivity contribution in [2.24, 2.45) is 5.10 Å². The van der Waals surface area contributed by atoms with Gasteiger partial charge in [-0.1, -0.05) is 42.0 Å².